The van der Waals surface area contributed by atoms with Crippen molar-refractivity contribution in [3.8, 4) is 12.1 Å². The van der Waals surface area contributed by atoms with E-state index >= 15 is 0 Å². The maximum Gasteiger partial charge on any atom is 0.143 e. The summed E-state index contributed by atoms with van der Waals surface area (Å²) in [5.74, 6) is -0.144. The van der Waals surface area contributed by atoms with Crippen LogP contribution >= 0.6 is 0 Å². The normalized spacial score (nSPS) is 6.61. The molecule has 0 rings (SSSR count). The molecule has 0 atom stereocenters. The van der Waals surface area contributed by atoms with E-state index in [1.54, 1.807) is 39.8 Å². The molecule has 9 heteroatoms. The number of Topliss-reactive ketones (excluding diaryl/α,β-unsaturated/α-hetero) is 2. The topological polar surface area (TPSA) is 185 Å². The van der Waals surface area contributed by atoms with Crippen molar-refractivity contribution in [2.45, 2.75) is 66.6 Å². The van der Waals surface area contributed by atoms with Gasteiger partial charge in [0.15, 0.2) is 0 Å². The number of hydrogen-bond acceptors (Lipinski definition) is 6. The molecule has 0 aliphatic carbocycles. The summed E-state index contributed by atoms with van der Waals surface area (Å²) in [5, 5.41) is 31.6. The van der Waals surface area contributed by atoms with Crippen LogP contribution in [0.5, 0.6) is 0 Å². The Morgan fingerprint density at radius 1 is 0.826 bits per heavy atom. The van der Waals surface area contributed by atoms with Crippen LogP contribution in [0.15, 0.2) is 0 Å². The van der Waals surface area contributed by atoms with Crippen LogP contribution in [-0.4, -0.2) is 44.9 Å². The van der Waals surface area contributed by atoms with Crippen LogP contribution in [0.25, 0.3) is 0 Å². The summed E-state index contributed by atoms with van der Waals surface area (Å²) in [4.78, 5) is 19.6. The molecule has 0 spiro atoms. The Balaban J connectivity index is -0.0000000289. The fourth-order valence-electron chi connectivity index (χ4n) is 0.223. The zero-order chi connectivity index (χ0) is 17.1. The summed E-state index contributed by atoms with van der Waals surface area (Å²) in [6.07, 6.45) is -0.250. The molecule has 0 bridgehead atoms. The minimum atomic E-state index is -0.167. The van der Waals surface area contributed by atoms with Crippen molar-refractivity contribution in [2.75, 3.05) is 0 Å². The van der Waals surface area contributed by atoms with E-state index in [0.29, 0.717) is 0 Å². The van der Waals surface area contributed by atoms with Gasteiger partial charge >= 0.3 is 0 Å². The molecule has 0 radical (unpaired) electrons. The first-order chi connectivity index (χ1) is 9.00. The van der Waals surface area contributed by atoms with Gasteiger partial charge in [-0.3, -0.25) is 9.59 Å². The molecule has 8 nitrogen and oxygen atoms in total. The SMILES string of the molecule is CC(=O)CC#N.CC(=O)CC#N.CC(C)O.CC(C)O.O.O.[Ti]. The first-order valence-electron chi connectivity index (χ1n) is 6.10. The second-order valence-corrected chi connectivity index (χ2v) is 4.26. The van der Waals surface area contributed by atoms with Gasteiger partial charge in [-0.25, -0.2) is 0 Å². The zero-order valence-electron chi connectivity index (χ0n) is 14.7. The predicted molar refractivity (Wildman–Crippen MR) is 83.8 cm³/mol. The second-order valence-electron chi connectivity index (χ2n) is 4.26. The molecule has 0 saturated heterocycles. The molecule has 0 aromatic heterocycles. The number of rotatable bonds is 2. The largest absolute Gasteiger partial charge is 0.412 e. The Morgan fingerprint density at radius 2 is 0.957 bits per heavy atom. The molecular formula is C14H30N2O6Ti. The Hall–Kier alpha value is -1.13. The van der Waals surface area contributed by atoms with Crippen LogP contribution in [-0.2, 0) is 31.3 Å². The van der Waals surface area contributed by atoms with Crippen molar-refractivity contribution in [2.24, 2.45) is 0 Å². The summed E-state index contributed by atoms with van der Waals surface area (Å²) < 4.78 is 0. The third kappa shape index (κ3) is 313. The molecule has 0 aliphatic rings. The molecule has 0 heterocycles. The number of nitriles is 2. The quantitative estimate of drug-likeness (QED) is 0.649. The molecule has 0 aromatic carbocycles. The number of carbonyl (C=O) groups excluding carboxylic acids is 2. The molecule has 136 valence electrons. The minimum Gasteiger partial charge on any atom is -0.412 e. The molecule has 0 saturated carbocycles. The van der Waals surface area contributed by atoms with E-state index in [2.05, 4.69) is 0 Å². The Bertz CT molecular complexity index is 285. The van der Waals surface area contributed by atoms with E-state index < -0.39 is 0 Å². The maximum absolute atomic E-state index is 9.82. The predicted octanol–water partition coefficient (Wildman–Crippen LogP) is 0.100. The van der Waals surface area contributed by atoms with E-state index in [-0.39, 0.29) is 69.3 Å². The number of nitrogens with zero attached hydrogens (tertiary/aromatic N) is 2. The van der Waals surface area contributed by atoms with Gasteiger partial charge in [-0.2, -0.15) is 10.5 Å². The van der Waals surface area contributed by atoms with Gasteiger partial charge in [0.2, 0.25) is 0 Å². The van der Waals surface area contributed by atoms with Gasteiger partial charge in [-0.15, -0.1) is 0 Å². The summed E-state index contributed by atoms with van der Waals surface area (Å²) >= 11 is 0. The van der Waals surface area contributed by atoms with Crippen LogP contribution in [0.2, 0.25) is 0 Å². The molecule has 0 aliphatic heterocycles. The molecule has 0 aromatic rings. The van der Waals surface area contributed by atoms with Gasteiger partial charge in [-0.05, 0) is 41.5 Å². The fourth-order valence-corrected chi connectivity index (χ4v) is 0.223. The van der Waals surface area contributed by atoms with Gasteiger partial charge in [0.25, 0.3) is 0 Å². The van der Waals surface area contributed by atoms with Crippen molar-refractivity contribution >= 4 is 11.6 Å². The molecule has 0 unspecified atom stereocenters. The Kier molecular flexibility index (Phi) is 69.8. The summed E-state index contributed by atoms with van der Waals surface area (Å²) in [7, 11) is 0. The average Bonchev–Trinajstić information content (AvgIpc) is 2.15. The van der Waals surface area contributed by atoms with Crippen LogP contribution in [0.4, 0.5) is 0 Å². The van der Waals surface area contributed by atoms with Gasteiger partial charge in [0, 0.05) is 33.9 Å². The molecule has 0 fully saturated rings. The third-order valence-corrected chi connectivity index (χ3v) is 0.656. The van der Waals surface area contributed by atoms with E-state index in [4.69, 9.17) is 20.7 Å². The maximum atomic E-state index is 9.82. The Morgan fingerprint density at radius 3 is 0.957 bits per heavy atom. The van der Waals surface area contributed by atoms with Crippen molar-refractivity contribution in [1.29, 1.82) is 10.5 Å². The number of ketones is 2. The Labute approximate surface area is 153 Å². The first-order valence-corrected chi connectivity index (χ1v) is 6.10. The number of aliphatic hydroxyl groups excluding tert-OH is 2. The zero-order valence-corrected chi connectivity index (χ0v) is 16.2. The van der Waals surface area contributed by atoms with E-state index in [9.17, 15) is 9.59 Å². The van der Waals surface area contributed by atoms with Crippen LogP contribution in [0.3, 0.4) is 0 Å². The van der Waals surface area contributed by atoms with Crippen LogP contribution in [0.1, 0.15) is 54.4 Å². The summed E-state index contributed by atoms with van der Waals surface area (Å²) in [5.41, 5.74) is 0. The van der Waals surface area contributed by atoms with Crippen LogP contribution in [0, 0.1) is 22.7 Å². The third-order valence-electron chi connectivity index (χ3n) is 0.656. The monoisotopic (exact) mass is 370 g/mol. The number of hydrogen-bond donors (Lipinski definition) is 2. The van der Waals surface area contributed by atoms with E-state index in [1.165, 1.54) is 13.8 Å². The minimum absolute atomic E-state index is 0. The first kappa shape index (κ1) is 43.1. The standard InChI is InChI=1S/2C4H5NO.2C3H8O.2H2O.Ti/c2*1-4(6)2-3-5;2*1-3(2)4;;;/h2*2H2,1H3;2*3-4H,1-2H3;2*1H2;. The average molecular weight is 370 g/mol. The number of aliphatic hydroxyl groups is 2. The molecule has 23 heavy (non-hydrogen) atoms. The molecular weight excluding hydrogens is 340 g/mol. The van der Waals surface area contributed by atoms with Crippen molar-refractivity contribution in [1.82, 2.24) is 0 Å². The smallest absolute Gasteiger partial charge is 0.143 e. The van der Waals surface area contributed by atoms with Crippen molar-refractivity contribution in [3.05, 3.63) is 0 Å². The van der Waals surface area contributed by atoms with Gasteiger partial charge < -0.3 is 21.2 Å². The second kappa shape index (κ2) is 37.3. The number of carbonyl (C=O) groups is 2. The van der Waals surface area contributed by atoms with E-state index in [0.717, 1.165) is 0 Å². The van der Waals surface area contributed by atoms with Gasteiger partial charge in [0.1, 0.15) is 11.6 Å². The van der Waals surface area contributed by atoms with Crippen molar-refractivity contribution < 1.29 is 52.5 Å². The molecule has 6 N–H and O–H groups in total. The van der Waals surface area contributed by atoms with Gasteiger partial charge in [0.05, 0.1) is 25.0 Å². The van der Waals surface area contributed by atoms with Gasteiger partial charge in [-0.1, -0.05) is 0 Å². The summed E-state index contributed by atoms with van der Waals surface area (Å²) in [6.45, 7) is 9.67. The van der Waals surface area contributed by atoms with E-state index in [1.807, 2.05) is 0 Å². The summed E-state index contributed by atoms with van der Waals surface area (Å²) in [6, 6.07) is 3.44. The van der Waals surface area contributed by atoms with Crippen molar-refractivity contribution in [3.63, 3.8) is 0 Å². The fraction of sp³-hybridized carbons (Fsp3) is 0.714. The van der Waals surface area contributed by atoms with Crippen LogP contribution < -0.4 is 0 Å². The molecule has 0 amide bonds.